The molecule has 7 heteroatoms. The average Bonchev–Trinajstić information content (AvgIpc) is 3.16. The Morgan fingerprint density at radius 1 is 0.771 bits per heavy atom. The van der Waals surface area contributed by atoms with E-state index in [-0.39, 0.29) is 30.4 Å². The lowest BCUT2D eigenvalue weighted by Gasteiger charge is -2.09. The number of ketones is 1. The predicted molar refractivity (Wildman–Crippen MR) is 136 cm³/mol. The molecule has 0 fully saturated rings. The molecule has 35 heavy (non-hydrogen) atoms. The van der Waals surface area contributed by atoms with Crippen molar-refractivity contribution in [1.29, 1.82) is 0 Å². The van der Waals surface area contributed by atoms with Crippen molar-refractivity contribution in [2.24, 2.45) is 0 Å². The zero-order valence-electron chi connectivity index (χ0n) is 19.6. The number of para-hydroxylation sites is 1. The maximum Gasteiger partial charge on any atom is 0.255 e. The van der Waals surface area contributed by atoms with E-state index in [1.54, 1.807) is 53.2 Å². The summed E-state index contributed by atoms with van der Waals surface area (Å²) in [5, 5.41) is 10.3. The fourth-order valence-electron chi connectivity index (χ4n) is 3.79. The van der Waals surface area contributed by atoms with E-state index in [4.69, 9.17) is 0 Å². The number of hydrogen-bond donors (Lipinski definition) is 2. The van der Waals surface area contributed by atoms with Crippen molar-refractivity contribution < 1.29 is 14.4 Å². The molecule has 7 nitrogen and oxygen atoms in total. The van der Waals surface area contributed by atoms with Gasteiger partial charge in [-0.15, -0.1) is 0 Å². The zero-order chi connectivity index (χ0) is 24.8. The molecule has 2 N–H and O–H groups in total. The van der Waals surface area contributed by atoms with Crippen LogP contribution in [0.1, 0.15) is 44.9 Å². The summed E-state index contributed by atoms with van der Waals surface area (Å²) in [7, 11) is 0. The molecular formula is C28H26N4O3. The van der Waals surface area contributed by atoms with Crippen LogP contribution in [0.2, 0.25) is 0 Å². The van der Waals surface area contributed by atoms with E-state index in [1.807, 2.05) is 50.2 Å². The number of nitrogens with zero attached hydrogens (tertiary/aromatic N) is 2. The highest BCUT2D eigenvalue weighted by Crippen LogP contribution is 2.24. The van der Waals surface area contributed by atoms with Crippen LogP contribution in [-0.4, -0.2) is 27.4 Å². The highest BCUT2D eigenvalue weighted by atomic mass is 16.2. The first-order valence-corrected chi connectivity index (χ1v) is 11.3. The first-order chi connectivity index (χ1) is 16.9. The van der Waals surface area contributed by atoms with Crippen LogP contribution >= 0.6 is 0 Å². The summed E-state index contributed by atoms with van der Waals surface area (Å²) in [6.45, 7) is 3.74. The molecule has 2 amide bonds. The molecule has 0 aliphatic heterocycles. The summed E-state index contributed by atoms with van der Waals surface area (Å²) in [5.74, 6) is -0.683. The van der Waals surface area contributed by atoms with Crippen molar-refractivity contribution in [1.82, 2.24) is 9.78 Å². The predicted octanol–water partition coefficient (Wildman–Crippen LogP) is 5.34. The van der Waals surface area contributed by atoms with Gasteiger partial charge in [0.1, 0.15) is 0 Å². The van der Waals surface area contributed by atoms with E-state index < -0.39 is 0 Å². The lowest BCUT2D eigenvalue weighted by Crippen LogP contribution is -2.16. The SMILES string of the molecule is Cc1nn(-c2ccccc2)c(C)c1NC(=O)c1cccc(NC(=O)CCC(=O)c2ccccc2)c1. The number of nitrogens with one attached hydrogen (secondary N) is 2. The number of aryl methyl sites for hydroxylation is 1. The van der Waals surface area contributed by atoms with Crippen LogP contribution in [-0.2, 0) is 4.79 Å². The maximum atomic E-state index is 13.0. The topological polar surface area (TPSA) is 93.1 Å². The number of rotatable bonds is 8. The van der Waals surface area contributed by atoms with Gasteiger partial charge in [0.15, 0.2) is 5.78 Å². The van der Waals surface area contributed by atoms with Crippen LogP contribution in [0, 0.1) is 13.8 Å². The summed E-state index contributed by atoms with van der Waals surface area (Å²) >= 11 is 0. The van der Waals surface area contributed by atoms with Crippen molar-refractivity contribution in [3.8, 4) is 5.69 Å². The molecule has 0 saturated heterocycles. The van der Waals surface area contributed by atoms with Gasteiger partial charge in [-0.25, -0.2) is 4.68 Å². The zero-order valence-corrected chi connectivity index (χ0v) is 19.6. The Morgan fingerprint density at radius 3 is 2.14 bits per heavy atom. The molecule has 0 radical (unpaired) electrons. The molecule has 0 aliphatic carbocycles. The van der Waals surface area contributed by atoms with Gasteiger partial charge in [-0.3, -0.25) is 14.4 Å². The highest BCUT2D eigenvalue weighted by Gasteiger charge is 2.17. The van der Waals surface area contributed by atoms with E-state index in [0.717, 1.165) is 11.4 Å². The van der Waals surface area contributed by atoms with Crippen molar-refractivity contribution in [3.63, 3.8) is 0 Å². The molecule has 176 valence electrons. The maximum absolute atomic E-state index is 13.0. The summed E-state index contributed by atoms with van der Waals surface area (Å²) in [5.41, 5.74) is 4.54. The molecule has 0 saturated carbocycles. The second-order valence-electron chi connectivity index (χ2n) is 8.17. The molecule has 0 atom stereocenters. The fraction of sp³-hybridized carbons (Fsp3) is 0.143. The lowest BCUT2D eigenvalue weighted by molar-refractivity contribution is -0.116. The van der Waals surface area contributed by atoms with Gasteiger partial charge in [0.25, 0.3) is 5.91 Å². The molecule has 4 rings (SSSR count). The number of carbonyl (C=O) groups excluding carboxylic acids is 3. The number of amides is 2. The molecule has 1 heterocycles. The quantitative estimate of drug-likeness (QED) is 0.343. The number of hydrogen-bond acceptors (Lipinski definition) is 4. The van der Waals surface area contributed by atoms with Gasteiger partial charge < -0.3 is 10.6 Å². The Bertz CT molecular complexity index is 1360. The summed E-state index contributed by atoms with van der Waals surface area (Å²) in [4.78, 5) is 37.6. The van der Waals surface area contributed by atoms with E-state index in [1.165, 1.54) is 0 Å². The van der Waals surface area contributed by atoms with E-state index in [9.17, 15) is 14.4 Å². The Kier molecular flexibility index (Phi) is 7.16. The normalized spacial score (nSPS) is 10.6. The minimum atomic E-state index is -0.306. The number of benzene rings is 3. The Hall–Kier alpha value is -4.52. The number of carbonyl (C=O) groups is 3. The molecule has 4 aromatic rings. The van der Waals surface area contributed by atoms with Crippen molar-refractivity contribution >= 4 is 29.0 Å². The van der Waals surface area contributed by atoms with Gasteiger partial charge in [0, 0.05) is 29.7 Å². The third-order valence-electron chi connectivity index (χ3n) is 5.61. The molecule has 0 aliphatic rings. The molecule has 3 aromatic carbocycles. The van der Waals surface area contributed by atoms with Crippen LogP contribution in [0.3, 0.4) is 0 Å². The minimum Gasteiger partial charge on any atom is -0.326 e. The molecule has 0 bridgehead atoms. The summed E-state index contributed by atoms with van der Waals surface area (Å²) in [6, 6.07) is 25.3. The second kappa shape index (κ2) is 10.6. The van der Waals surface area contributed by atoms with Gasteiger partial charge in [-0.05, 0) is 44.2 Å². The smallest absolute Gasteiger partial charge is 0.255 e. The first-order valence-electron chi connectivity index (χ1n) is 11.3. The summed E-state index contributed by atoms with van der Waals surface area (Å²) < 4.78 is 1.79. The average molecular weight is 467 g/mol. The Balaban J connectivity index is 1.40. The molecule has 0 spiro atoms. The molecule has 0 unspecified atom stereocenters. The van der Waals surface area contributed by atoms with Crippen molar-refractivity contribution in [2.45, 2.75) is 26.7 Å². The van der Waals surface area contributed by atoms with Gasteiger partial charge in [0.05, 0.1) is 22.8 Å². The van der Waals surface area contributed by atoms with E-state index in [2.05, 4.69) is 15.7 Å². The van der Waals surface area contributed by atoms with Crippen LogP contribution < -0.4 is 10.6 Å². The Morgan fingerprint density at radius 2 is 1.43 bits per heavy atom. The minimum absolute atomic E-state index is 0.0568. The third kappa shape index (κ3) is 5.70. The van der Waals surface area contributed by atoms with Gasteiger partial charge in [-0.1, -0.05) is 54.6 Å². The van der Waals surface area contributed by atoms with Crippen LogP contribution in [0.4, 0.5) is 11.4 Å². The monoisotopic (exact) mass is 466 g/mol. The lowest BCUT2D eigenvalue weighted by atomic mass is 10.1. The van der Waals surface area contributed by atoms with Crippen LogP contribution in [0.15, 0.2) is 84.9 Å². The third-order valence-corrected chi connectivity index (χ3v) is 5.61. The van der Waals surface area contributed by atoms with Crippen LogP contribution in [0.5, 0.6) is 0 Å². The molecular weight excluding hydrogens is 440 g/mol. The van der Waals surface area contributed by atoms with Gasteiger partial charge in [0.2, 0.25) is 5.91 Å². The second-order valence-corrected chi connectivity index (χ2v) is 8.17. The number of anilines is 2. The van der Waals surface area contributed by atoms with Gasteiger partial charge >= 0.3 is 0 Å². The van der Waals surface area contributed by atoms with Crippen molar-refractivity contribution in [2.75, 3.05) is 10.6 Å². The fourth-order valence-corrected chi connectivity index (χ4v) is 3.79. The Labute approximate surface area is 203 Å². The van der Waals surface area contributed by atoms with E-state index >= 15 is 0 Å². The van der Waals surface area contributed by atoms with Gasteiger partial charge in [-0.2, -0.15) is 5.10 Å². The first kappa shape index (κ1) is 23.6. The standard InChI is InChI=1S/C28H26N4O3/c1-19-27(20(2)32(31-19)24-14-7-4-8-15-24)30-28(35)22-12-9-13-23(18-22)29-26(34)17-16-25(33)21-10-5-3-6-11-21/h3-15,18H,16-17H2,1-2H3,(H,29,34)(H,30,35). The molecule has 1 aromatic heterocycles. The number of aromatic nitrogens is 2. The highest BCUT2D eigenvalue weighted by molar-refractivity contribution is 6.06. The van der Waals surface area contributed by atoms with E-state index in [0.29, 0.717) is 28.2 Å². The summed E-state index contributed by atoms with van der Waals surface area (Å²) in [6.07, 6.45) is 0.168. The largest absolute Gasteiger partial charge is 0.326 e. The number of Topliss-reactive ketones (excluding diaryl/α,β-unsaturated/α-hetero) is 1. The van der Waals surface area contributed by atoms with Crippen LogP contribution in [0.25, 0.3) is 5.69 Å². The van der Waals surface area contributed by atoms with Crippen molar-refractivity contribution in [3.05, 3.63) is 107 Å².